The number of pyridine rings is 1. The molecule has 5 nitrogen and oxygen atoms in total. The first-order chi connectivity index (χ1) is 10.7. The van der Waals surface area contributed by atoms with E-state index < -0.39 is 5.97 Å². The van der Waals surface area contributed by atoms with E-state index in [2.05, 4.69) is 4.98 Å². The minimum Gasteiger partial charge on any atom is -0.462 e. The maximum Gasteiger partial charge on any atom is 0.339 e. The third-order valence-electron chi connectivity index (χ3n) is 3.24. The molecule has 3 aromatic rings. The number of carbonyl (C=O) groups is 1. The van der Waals surface area contributed by atoms with Crippen molar-refractivity contribution in [3.8, 4) is 11.3 Å². The van der Waals surface area contributed by atoms with E-state index in [1.54, 1.807) is 19.1 Å². The van der Waals surface area contributed by atoms with Gasteiger partial charge in [0.2, 0.25) is 0 Å². The highest BCUT2D eigenvalue weighted by Gasteiger charge is 2.10. The van der Waals surface area contributed by atoms with Gasteiger partial charge in [0.15, 0.2) is 0 Å². The van der Waals surface area contributed by atoms with Gasteiger partial charge in [-0.25, -0.2) is 9.78 Å². The second-order valence-electron chi connectivity index (χ2n) is 4.71. The van der Waals surface area contributed by atoms with E-state index in [4.69, 9.17) is 4.74 Å². The molecule has 0 atom stereocenters. The monoisotopic (exact) mass is 294 g/mol. The van der Waals surface area contributed by atoms with Crippen LogP contribution in [-0.2, 0) is 4.74 Å². The number of esters is 1. The molecule has 0 fully saturated rings. The third kappa shape index (κ3) is 2.61. The van der Waals surface area contributed by atoms with Gasteiger partial charge in [0.25, 0.3) is 5.56 Å². The summed E-state index contributed by atoms with van der Waals surface area (Å²) in [5.41, 5.74) is 2.05. The molecule has 0 radical (unpaired) electrons. The zero-order valence-electron chi connectivity index (χ0n) is 12.0. The van der Waals surface area contributed by atoms with Gasteiger partial charge in [0.1, 0.15) is 5.65 Å². The van der Waals surface area contributed by atoms with Gasteiger partial charge in [0.05, 0.1) is 17.9 Å². The maximum absolute atomic E-state index is 12.3. The number of carbonyl (C=O) groups excluding carboxylic acids is 1. The molecule has 0 bridgehead atoms. The molecule has 110 valence electrons. The summed E-state index contributed by atoms with van der Waals surface area (Å²) in [5.74, 6) is -0.455. The Morgan fingerprint density at radius 2 is 1.95 bits per heavy atom. The van der Waals surface area contributed by atoms with E-state index in [1.165, 1.54) is 16.7 Å². The van der Waals surface area contributed by atoms with Crippen molar-refractivity contribution < 1.29 is 9.53 Å². The fourth-order valence-electron chi connectivity index (χ4n) is 2.19. The van der Waals surface area contributed by atoms with Crippen LogP contribution in [-0.4, -0.2) is 22.0 Å². The van der Waals surface area contributed by atoms with Crippen molar-refractivity contribution in [1.82, 2.24) is 9.38 Å². The van der Waals surface area contributed by atoms with Crippen molar-refractivity contribution in [2.45, 2.75) is 6.92 Å². The summed E-state index contributed by atoms with van der Waals surface area (Å²) in [4.78, 5) is 28.5. The lowest BCUT2D eigenvalue weighted by molar-refractivity contribution is 0.0525. The van der Waals surface area contributed by atoms with Crippen molar-refractivity contribution in [3.63, 3.8) is 0 Å². The van der Waals surface area contributed by atoms with Crippen LogP contribution in [0.5, 0.6) is 0 Å². The van der Waals surface area contributed by atoms with Crippen molar-refractivity contribution in [3.05, 3.63) is 70.6 Å². The normalized spacial score (nSPS) is 10.6. The molecular formula is C17H14N2O3. The summed E-state index contributed by atoms with van der Waals surface area (Å²) >= 11 is 0. The average molecular weight is 294 g/mol. The smallest absolute Gasteiger partial charge is 0.339 e. The number of rotatable bonds is 3. The minimum absolute atomic E-state index is 0.241. The molecule has 0 N–H and O–H groups in total. The van der Waals surface area contributed by atoms with Gasteiger partial charge >= 0.3 is 5.97 Å². The second-order valence-corrected chi connectivity index (χ2v) is 4.71. The molecule has 3 rings (SSSR count). The summed E-state index contributed by atoms with van der Waals surface area (Å²) in [6.07, 6.45) is 1.46. The summed E-state index contributed by atoms with van der Waals surface area (Å²) in [5, 5.41) is 0. The first-order valence-electron chi connectivity index (χ1n) is 6.95. The molecule has 0 spiro atoms. The Hall–Kier alpha value is -2.95. The van der Waals surface area contributed by atoms with Crippen LogP contribution in [0.2, 0.25) is 0 Å². The quantitative estimate of drug-likeness (QED) is 0.696. The van der Waals surface area contributed by atoms with Crippen LogP contribution in [0.15, 0.2) is 59.5 Å². The van der Waals surface area contributed by atoms with Gasteiger partial charge in [-0.2, -0.15) is 0 Å². The number of nitrogens with zero attached hydrogens (tertiary/aromatic N) is 2. The molecule has 2 aromatic heterocycles. The SMILES string of the molecule is CCOC(=O)c1ccc2nc(-c3ccccc3)cc(=O)n2c1. The summed E-state index contributed by atoms with van der Waals surface area (Å²) < 4.78 is 6.28. The Labute approximate surface area is 126 Å². The molecule has 0 aliphatic rings. The molecule has 0 amide bonds. The van der Waals surface area contributed by atoms with Crippen molar-refractivity contribution in [2.75, 3.05) is 6.61 Å². The number of hydrogen-bond donors (Lipinski definition) is 0. The number of benzene rings is 1. The molecule has 0 aliphatic heterocycles. The lowest BCUT2D eigenvalue weighted by atomic mass is 10.1. The summed E-state index contributed by atoms with van der Waals surface area (Å²) in [6, 6.07) is 14.2. The fourth-order valence-corrected chi connectivity index (χ4v) is 2.19. The molecule has 22 heavy (non-hydrogen) atoms. The van der Waals surface area contributed by atoms with Crippen LogP contribution in [0.1, 0.15) is 17.3 Å². The van der Waals surface area contributed by atoms with Gasteiger partial charge < -0.3 is 4.74 Å². The Kier molecular flexibility index (Phi) is 3.70. The van der Waals surface area contributed by atoms with Crippen LogP contribution in [0.3, 0.4) is 0 Å². The van der Waals surface area contributed by atoms with Crippen LogP contribution >= 0.6 is 0 Å². The van der Waals surface area contributed by atoms with Gasteiger partial charge in [-0.15, -0.1) is 0 Å². The topological polar surface area (TPSA) is 60.7 Å². The zero-order chi connectivity index (χ0) is 15.5. The lowest BCUT2D eigenvalue weighted by Gasteiger charge is -2.06. The van der Waals surface area contributed by atoms with Gasteiger partial charge in [-0.1, -0.05) is 30.3 Å². The number of fused-ring (bicyclic) bond motifs is 1. The van der Waals surface area contributed by atoms with Gasteiger partial charge in [0, 0.05) is 17.8 Å². The molecule has 0 aliphatic carbocycles. The van der Waals surface area contributed by atoms with Crippen LogP contribution < -0.4 is 5.56 Å². The predicted octanol–water partition coefficient (Wildman–Crippen LogP) is 2.54. The van der Waals surface area contributed by atoms with E-state index in [0.29, 0.717) is 16.9 Å². The van der Waals surface area contributed by atoms with Crippen LogP contribution in [0.4, 0.5) is 0 Å². The number of hydrogen-bond acceptors (Lipinski definition) is 4. The van der Waals surface area contributed by atoms with E-state index in [1.807, 2.05) is 30.3 Å². The van der Waals surface area contributed by atoms with E-state index in [-0.39, 0.29) is 12.2 Å². The maximum atomic E-state index is 12.3. The average Bonchev–Trinajstić information content (AvgIpc) is 2.55. The van der Waals surface area contributed by atoms with E-state index >= 15 is 0 Å². The van der Waals surface area contributed by atoms with Crippen molar-refractivity contribution in [1.29, 1.82) is 0 Å². The highest BCUT2D eigenvalue weighted by atomic mass is 16.5. The molecular weight excluding hydrogens is 280 g/mol. The Morgan fingerprint density at radius 3 is 2.68 bits per heavy atom. The molecule has 0 saturated heterocycles. The van der Waals surface area contributed by atoms with Crippen LogP contribution in [0, 0.1) is 0 Å². The summed E-state index contributed by atoms with van der Waals surface area (Å²) in [7, 11) is 0. The van der Waals surface area contributed by atoms with Gasteiger partial charge in [-0.05, 0) is 19.1 Å². The Morgan fingerprint density at radius 1 is 1.18 bits per heavy atom. The first kappa shape index (κ1) is 14.0. The molecule has 0 unspecified atom stereocenters. The van der Waals surface area contributed by atoms with E-state index in [0.717, 1.165) is 5.56 Å². The molecule has 5 heteroatoms. The highest BCUT2D eigenvalue weighted by Crippen LogP contribution is 2.15. The summed E-state index contributed by atoms with van der Waals surface area (Å²) in [6.45, 7) is 2.02. The lowest BCUT2D eigenvalue weighted by Crippen LogP contribution is -2.16. The molecule has 2 heterocycles. The fraction of sp³-hybridized carbons (Fsp3) is 0.118. The molecule has 1 aromatic carbocycles. The van der Waals surface area contributed by atoms with Crippen molar-refractivity contribution in [2.24, 2.45) is 0 Å². The second kappa shape index (κ2) is 5.81. The predicted molar refractivity (Wildman–Crippen MR) is 82.9 cm³/mol. The highest BCUT2D eigenvalue weighted by molar-refractivity contribution is 5.89. The number of aromatic nitrogens is 2. The molecule has 0 saturated carbocycles. The Bertz CT molecular complexity index is 885. The van der Waals surface area contributed by atoms with Crippen molar-refractivity contribution >= 4 is 11.6 Å². The van der Waals surface area contributed by atoms with E-state index in [9.17, 15) is 9.59 Å². The Balaban J connectivity index is 2.11. The minimum atomic E-state index is -0.455. The largest absolute Gasteiger partial charge is 0.462 e. The first-order valence-corrected chi connectivity index (χ1v) is 6.95. The zero-order valence-corrected chi connectivity index (χ0v) is 12.0. The third-order valence-corrected chi connectivity index (χ3v) is 3.24. The number of ether oxygens (including phenoxy) is 1. The standard InChI is InChI=1S/C17H14N2O3/c1-2-22-17(21)13-8-9-15-18-14(10-16(20)19(15)11-13)12-6-4-3-5-7-12/h3-11H,2H2,1H3. The van der Waals surface area contributed by atoms with Gasteiger partial charge in [-0.3, -0.25) is 9.20 Å². The van der Waals surface area contributed by atoms with Crippen LogP contribution in [0.25, 0.3) is 16.9 Å².